The van der Waals surface area contributed by atoms with Crippen molar-refractivity contribution in [2.75, 3.05) is 17.7 Å². The van der Waals surface area contributed by atoms with E-state index in [0.717, 1.165) is 17.0 Å². The van der Waals surface area contributed by atoms with Gasteiger partial charge in [0.15, 0.2) is 0 Å². The van der Waals surface area contributed by atoms with Gasteiger partial charge in [0.05, 0.1) is 18.4 Å². The molecule has 0 aliphatic heterocycles. The van der Waals surface area contributed by atoms with Gasteiger partial charge in [0.1, 0.15) is 5.75 Å². The first-order chi connectivity index (χ1) is 12.7. The molecule has 0 unspecified atom stereocenters. The summed E-state index contributed by atoms with van der Waals surface area (Å²) in [5.41, 5.74) is 2.78. The van der Waals surface area contributed by atoms with Crippen molar-refractivity contribution in [2.24, 2.45) is 0 Å². The average Bonchev–Trinajstić information content (AvgIpc) is 2.67. The highest BCUT2D eigenvalue weighted by molar-refractivity contribution is 6.04. The number of aryl methyl sites for hydroxylation is 1. The third-order valence-corrected chi connectivity index (χ3v) is 3.89. The van der Waals surface area contributed by atoms with E-state index in [-0.39, 0.29) is 5.91 Å². The summed E-state index contributed by atoms with van der Waals surface area (Å²) in [7, 11) is 1.64. The van der Waals surface area contributed by atoms with E-state index in [1.165, 1.54) is 6.20 Å². The van der Waals surface area contributed by atoms with Crippen LogP contribution in [0.5, 0.6) is 5.75 Å². The van der Waals surface area contributed by atoms with Crippen LogP contribution in [0.3, 0.4) is 0 Å². The Kier molecular flexibility index (Phi) is 5.43. The van der Waals surface area contributed by atoms with E-state index in [1.54, 1.807) is 14.0 Å². The number of amides is 1. The average molecular weight is 348 g/mol. The van der Waals surface area contributed by atoms with Crippen molar-refractivity contribution in [3.63, 3.8) is 0 Å². The Balaban J connectivity index is 1.68. The Hall–Kier alpha value is -3.41. The number of nitrogens with zero attached hydrogens (tertiary/aromatic N) is 2. The van der Waals surface area contributed by atoms with Gasteiger partial charge in [-0.3, -0.25) is 4.79 Å². The molecule has 1 aromatic heterocycles. The van der Waals surface area contributed by atoms with Gasteiger partial charge in [-0.25, -0.2) is 9.97 Å². The van der Waals surface area contributed by atoms with Crippen molar-refractivity contribution < 1.29 is 9.53 Å². The molecule has 0 fully saturated rings. The van der Waals surface area contributed by atoms with Crippen LogP contribution in [0.2, 0.25) is 0 Å². The van der Waals surface area contributed by atoms with E-state index in [1.807, 2.05) is 54.6 Å². The standard InChI is InChI=1S/C20H20N4O2/c1-14-17(19(25)24-16-9-4-3-5-10-16)13-22-20(23-14)21-12-15-8-6-7-11-18(15)26-2/h3-11,13H,12H2,1-2H3,(H,24,25)(H,21,22,23). The van der Waals surface area contributed by atoms with Gasteiger partial charge in [-0.1, -0.05) is 36.4 Å². The zero-order valence-electron chi connectivity index (χ0n) is 14.7. The molecule has 2 N–H and O–H groups in total. The minimum atomic E-state index is -0.232. The molecule has 26 heavy (non-hydrogen) atoms. The Morgan fingerprint density at radius 2 is 1.81 bits per heavy atom. The normalized spacial score (nSPS) is 10.2. The maximum absolute atomic E-state index is 12.4. The SMILES string of the molecule is COc1ccccc1CNc1ncc(C(=O)Nc2ccccc2)c(C)n1. The molecule has 0 saturated carbocycles. The predicted molar refractivity (Wildman–Crippen MR) is 101 cm³/mol. The fourth-order valence-corrected chi connectivity index (χ4v) is 2.52. The lowest BCUT2D eigenvalue weighted by atomic mass is 10.2. The molecular weight excluding hydrogens is 328 g/mol. The maximum atomic E-state index is 12.4. The lowest BCUT2D eigenvalue weighted by molar-refractivity contribution is 0.102. The van der Waals surface area contributed by atoms with Gasteiger partial charge in [-0.15, -0.1) is 0 Å². The molecule has 132 valence electrons. The Morgan fingerprint density at radius 3 is 2.54 bits per heavy atom. The molecule has 6 heteroatoms. The second kappa shape index (κ2) is 8.11. The zero-order chi connectivity index (χ0) is 18.4. The van der Waals surface area contributed by atoms with Crippen molar-refractivity contribution in [1.29, 1.82) is 0 Å². The van der Waals surface area contributed by atoms with Gasteiger partial charge >= 0.3 is 0 Å². The second-order valence-electron chi connectivity index (χ2n) is 5.68. The Bertz CT molecular complexity index is 897. The molecule has 3 aromatic rings. The number of nitrogens with one attached hydrogen (secondary N) is 2. The van der Waals surface area contributed by atoms with Crippen molar-refractivity contribution in [3.8, 4) is 5.75 Å². The number of carbonyl (C=O) groups is 1. The molecule has 1 heterocycles. The number of ether oxygens (including phenoxy) is 1. The number of aromatic nitrogens is 2. The molecule has 6 nitrogen and oxygen atoms in total. The lowest BCUT2D eigenvalue weighted by Gasteiger charge is -2.11. The molecular formula is C20H20N4O2. The fraction of sp³-hybridized carbons (Fsp3) is 0.150. The molecule has 0 radical (unpaired) electrons. The summed E-state index contributed by atoms with van der Waals surface area (Å²) in [6.45, 7) is 2.31. The summed E-state index contributed by atoms with van der Waals surface area (Å²) in [6, 6.07) is 17.0. The van der Waals surface area contributed by atoms with Gasteiger partial charge < -0.3 is 15.4 Å². The largest absolute Gasteiger partial charge is 0.496 e. The van der Waals surface area contributed by atoms with Crippen LogP contribution in [0.15, 0.2) is 60.8 Å². The van der Waals surface area contributed by atoms with Crippen molar-refractivity contribution in [2.45, 2.75) is 13.5 Å². The number of hydrogen-bond donors (Lipinski definition) is 2. The molecule has 1 amide bonds. The highest BCUT2D eigenvalue weighted by Gasteiger charge is 2.12. The molecule has 3 rings (SSSR count). The van der Waals surface area contributed by atoms with Crippen LogP contribution in [-0.2, 0) is 6.54 Å². The van der Waals surface area contributed by atoms with E-state index in [9.17, 15) is 4.79 Å². The van der Waals surface area contributed by atoms with Gasteiger partial charge in [-0.2, -0.15) is 0 Å². The van der Waals surface area contributed by atoms with Crippen LogP contribution in [0.1, 0.15) is 21.6 Å². The monoisotopic (exact) mass is 348 g/mol. The zero-order valence-corrected chi connectivity index (χ0v) is 14.7. The van der Waals surface area contributed by atoms with Crippen molar-refractivity contribution in [1.82, 2.24) is 9.97 Å². The van der Waals surface area contributed by atoms with E-state index in [4.69, 9.17) is 4.74 Å². The highest BCUT2D eigenvalue weighted by Crippen LogP contribution is 2.18. The summed E-state index contributed by atoms with van der Waals surface area (Å²) in [5.74, 6) is 1.03. The number of carbonyl (C=O) groups excluding carboxylic acids is 1. The van der Waals surface area contributed by atoms with Crippen LogP contribution in [0, 0.1) is 6.92 Å². The first-order valence-electron chi connectivity index (χ1n) is 8.23. The highest BCUT2D eigenvalue weighted by atomic mass is 16.5. The fourth-order valence-electron chi connectivity index (χ4n) is 2.52. The third-order valence-electron chi connectivity index (χ3n) is 3.89. The topological polar surface area (TPSA) is 76.1 Å². The first-order valence-corrected chi connectivity index (χ1v) is 8.23. The number of para-hydroxylation sites is 2. The first kappa shape index (κ1) is 17.4. The van der Waals surface area contributed by atoms with Crippen LogP contribution in [0.25, 0.3) is 0 Å². The molecule has 0 bridgehead atoms. The molecule has 2 aromatic carbocycles. The minimum Gasteiger partial charge on any atom is -0.496 e. The summed E-state index contributed by atoms with van der Waals surface area (Å²) < 4.78 is 5.33. The van der Waals surface area contributed by atoms with Crippen LogP contribution < -0.4 is 15.4 Å². The maximum Gasteiger partial charge on any atom is 0.259 e. The quantitative estimate of drug-likeness (QED) is 0.711. The summed E-state index contributed by atoms with van der Waals surface area (Å²) in [4.78, 5) is 21.0. The van der Waals surface area contributed by atoms with Gasteiger partial charge in [0.2, 0.25) is 5.95 Å². The van der Waals surface area contributed by atoms with Gasteiger partial charge in [0, 0.05) is 24.0 Å². The van der Waals surface area contributed by atoms with Crippen LogP contribution in [-0.4, -0.2) is 23.0 Å². The summed E-state index contributed by atoms with van der Waals surface area (Å²) in [5, 5.41) is 5.99. The Morgan fingerprint density at radius 1 is 1.08 bits per heavy atom. The van der Waals surface area contributed by atoms with Crippen molar-refractivity contribution >= 4 is 17.5 Å². The third kappa shape index (κ3) is 4.16. The van der Waals surface area contributed by atoms with Crippen LogP contribution >= 0.6 is 0 Å². The number of rotatable bonds is 6. The van der Waals surface area contributed by atoms with E-state index >= 15 is 0 Å². The van der Waals surface area contributed by atoms with Gasteiger partial charge in [0.25, 0.3) is 5.91 Å². The van der Waals surface area contributed by atoms with Gasteiger partial charge in [-0.05, 0) is 25.1 Å². The van der Waals surface area contributed by atoms with E-state index in [2.05, 4.69) is 20.6 Å². The second-order valence-corrected chi connectivity index (χ2v) is 5.68. The smallest absolute Gasteiger partial charge is 0.259 e. The molecule has 0 aliphatic rings. The molecule has 0 spiro atoms. The number of methoxy groups -OCH3 is 1. The van der Waals surface area contributed by atoms with Crippen LogP contribution in [0.4, 0.5) is 11.6 Å². The number of anilines is 2. The van der Waals surface area contributed by atoms with Crippen molar-refractivity contribution in [3.05, 3.63) is 77.6 Å². The lowest BCUT2D eigenvalue weighted by Crippen LogP contribution is -2.15. The minimum absolute atomic E-state index is 0.232. The van der Waals surface area contributed by atoms with E-state index in [0.29, 0.717) is 23.8 Å². The molecule has 0 saturated heterocycles. The Labute approximate surface area is 152 Å². The summed E-state index contributed by atoms with van der Waals surface area (Å²) in [6.07, 6.45) is 1.53. The molecule has 0 atom stereocenters. The number of benzene rings is 2. The van der Waals surface area contributed by atoms with E-state index < -0.39 is 0 Å². The predicted octanol–water partition coefficient (Wildman–Crippen LogP) is 3.66. The molecule has 0 aliphatic carbocycles. The number of hydrogen-bond acceptors (Lipinski definition) is 5. The summed E-state index contributed by atoms with van der Waals surface area (Å²) >= 11 is 0.